The van der Waals surface area contributed by atoms with Crippen LogP contribution in [0.3, 0.4) is 0 Å². The van der Waals surface area contributed by atoms with Crippen LogP contribution in [0.4, 0.5) is 5.69 Å². The third-order valence-corrected chi connectivity index (χ3v) is 5.15. The molecule has 1 aromatic heterocycles. The molecule has 4 rings (SSSR count). The van der Waals surface area contributed by atoms with Gasteiger partial charge in [0.05, 0.1) is 11.6 Å². The molecule has 1 N–H and O–H groups in total. The standard InChI is InChI=1S/C20H17Cl2N5O2/c21-15-6-16(22)8-18(7-15)26-10-14(5-19(26)28)20(29)24-9-13-2-1-3-17(4-13)27-12-23-11-25-27/h1-4,6-8,11-12,14H,5,9-10H2,(H,24,29). The van der Waals surface area contributed by atoms with Crippen LogP contribution in [0.1, 0.15) is 12.0 Å². The summed E-state index contributed by atoms with van der Waals surface area (Å²) in [5.41, 5.74) is 2.38. The summed E-state index contributed by atoms with van der Waals surface area (Å²) in [7, 11) is 0. The van der Waals surface area contributed by atoms with Crippen LogP contribution >= 0.6 is 23.2 Å². The van der Waals surface area contributed by atoms with Gasteiger partial charge in [-0.2, -0.15) is 5.10 Å². The van der Waals surface area contributed by atoms with Crippen molar-refractivity contribution in [3.8, 4) is 5.69 Å². The summed E-state index contributed by atoms with van der Waals surface area (Å²) < 4.78 is 1.65. The van der Waals surface area contributed by atoms with Crippen molar-refractivity contribution < 1.29 is 9.59 Å². The average molecular weight is 430 g/mol. The van der Waals surface area contributed by atoms with Gasteiger partial charge in [0.1, 0.15) is 12.7 Å². The molecular formula is C20H17Cl2N5O2. The van der Waals surface area contributed by atoms with Gasteiger partial charge in [0.25, 0.3) is 0 Å². The number of anilines is 1. The fourth-order valence-corrected chi connectivity index (χ4v) is 3.83. The van der Waals surface area contributed by atoms with E-state index in [4.69, 9.17) is 23.2 Å². The van der Waals surface area contributed by atoms with Crippen molar-refractivity contribution in [1.82, 2.24) is 20.1 Å². The van der Waals surface area contributed by atoms with Crippen molar-refractivity contribution in [3.05, 3.63) is 70.7 Å². The molecule has 1 unspecified atom stereocenters. The van der Waals surface area contributed by atoms with E-state index in [1.165, 1.54) is 6.33 Å². The van der Waals surface area contributed by atoms with Crippen LogP contribution in [0.15, 0.2) is 55.1 Å². The summed E-state index contributed by atoms with van der Waals surface area (Å²) in [6, 6.07) is 12.6. The molecule has 0 saturated carbocycles. The second-order valence-electron chi connectivity index (χ2n) is 6.76. The van der Waals surface area contributed by atoms with E-state index >= 15 is 0 Å². The molecule has 1 aliphatic rings. The zero-order valence-corrected chi connectivity index (χ0v) is 16.8. The highest BCUT2D eigenvalue weighted by atomic mass is 35.5. The molecule has 0 aliphatic carbocycles. The van der Waals surface area contributed by atoms with Crippen molar-refractivity contribution in [3.63, 3.8) is 0 Å². The molecule has 0 radical (unpaired) electrons. The van der Waals surface area contributed by atoms with Crippen LogP contribution in [-0.2, 0) is 16.1 Å². The molecular weight excluding hydrogens is 413 g/mol. The first-order valence-corrected chi connectivity index (χ1v) is 9.73. The first-order valence-electron chi connectivity index (χ1n) is 8.98. The monoisotopic (exact) mass is 429 g/mol. The van der Waals surface area contributed by atoms with Gasteiger partial charge in [0.2, 0.25) is 11.8 Å². The van der Waals surface area contributed by atoms with Crippen molar-refractivity contribution in [2.45, 2.75) is 13.0 Å². The Hall–Kier alpha value is -2.90. The maximum Gasteiger partial charge on any atom is 0.227 e. The van der Waals surface area contributed by atoms with E-state index in [0.717, 1.165) is 11.3 Å². The van der Waals surface area contributed by atoms with Crippen LogP contribution in [0.5, 0.6) is 0 Å². The molecule has 1 saturated heterocycles. The van der Waals surface area contributed by atoms with Gasteiger partial charge in [-0.15, -0.1) is 0 Å². The summed E-state index contributed by atoms with van der Waals surface area (Å²) in [6.07, 6.45) is 3.22. The van der Waals surface area contributed by atoms with E-state index in [2.05, 4.69) is 15.4 Å². The smallest absolute Gasteiger partial charge is 0.227 e. The molecule has 9 heteroatoms. The van der Waals surface area contributed by atoms with Crippen LogP contribution in [0, 0.1) is 5.92 Å². The number of amides is 2. The Labute approximate surface area is 177 Å². The van der Waals surface area contributed by atoms with Gasteiger partial charge in [-0.05, 0) is 35.9 Å². The topological polar surface area (TPSA) is 80.1 Å². The maximum atomic E-state index is 12.6. The molecule has 148 valence electrons. The molecule has 0 bridgehead atoms. The molecule has 2 aromatic carbocycles. The molecule has 3 aromatic rings. The average Bonchev–Trinajstić information content (AvgIpc) is 3.35. The van der Waals surface area contributed by atoms with Crippen LogP contribution < -0.4 is 10.2 Å². The number of benzene rings is 2. The Morgan fingerprint density at radius 1 is 1.14 bits per heavy atom. The lowest BCUT2D eigenvalue weighted by molar-refractivity contribution is -0.126. The Bertz CT molecular complexity index is 1030. The summed E-state index contributed by atoms with van der Waals surface area (Å²) in [4.78, 5) is 30.5. The van der Waals surface area contributed by atoms with Gasteiger partial charge in [0, 0.05) is 35.2 Å². The number of halogens is 2. The lowest BCUT2D eigenvalue weighted by Crippen LogP contribution is -2.32. The largest absolute Gasteiger partial charge is 0.352 e. The van der Waals surface area contributed by atoms with Crippen LogP contribution in [0.25, 0.3) is 5.69 Å². The number of rotatable bonds is 5. The van der Waals surface area contributed by atoms with E-state index in [-0.39, 0.29) is 18.2 Å². The first-order chi connectivity index (χ1) is 14.0. The van der Waals surface area contributed by atoms with E-state index in [9.17, 15) is 9.59 Å². The molecule has 1 fully saturated rings. The zero-order chi connectivity index (χ0) is 20.4. The molecule has 2 heterocycles. The van der Waals surface area contributed by atoms with Crippen LogP contribution in [0.2, 0.25) is 10.0 Å². The highest BCUT2D eigenvalue weighted by Crippen LogP contribution is 2.30. The van der Waals surface area contributed by atoms with Crippen LogP contribution in [-0.4, -0.2) is 33.1 Å². The minimum atomic E-state index is -0.432. The lowest BCUT2D eigenvalue weighted by atomic mass is 10.1. The summed E-state index contributed by atoms with van der Waals surface area (Å²) >= 11 is 12.1. The molecule has 1 aliphatic heterocycles. The Balaban J connectivity index is 1.39. The zero-order valence-electron chi connectivity index (χ0n) is 15.3. The predicted molar refractivity (Wildman–Crippen MR) is 110 cm³/mol. The number of nitrogens with one attached hydrogen (secondary N) is 1. The van der Waals surface area contributed by atoms with E-state index in [1.807, 2.05) is 24.3 Å². The number of hydrogen-bond donors (Lipinski definition) is 1. The fraction of sp³-hybridized carbons (Fsp3) is 0.200. The summed E-state index contributed by atoms with van der Waals surface area (Å²) in [5.74, 6) is -0.726. The number of carbonyl (C=O) groups is 2. The molecule has 0 spiro atoms. The molecule has 29 heavy (non-hydrogen) atoms. The van der Waals surface area contributed by atoms with Gasteiger partial charge in [-0.3, -0.25) is 9.59 Å². The second-order valence-corrected chi connectivity index (χ2v) is 7.63. The Morgan fingerprint density at radius 3 is 2.66 bits per heavy atom. The van der Waals surface area contributed by atoms with Crippen molar-refractivity contribution in [1.29, 1.82) is 0 Å². The minimum Gasteiger partial charge on any atom is -0.352 e. The normalized spacial score (nSPS) is 16.3. The highest BCUT2D eigenvalue weighted by molar-refractivity contribution is 6.35. The van der Waals surface area contributed by atoms with Gasteiger partial charge in [-0.1, -0.05) is 35.3 Å². The Kier molecular flexibility index (Phi) is 5.51. The third kappa shape index (κ3) is 4.41. The SMILES string of the molecule is O=C(NCc1cccc(-n2cncn2)c1)C1CC(=O)N(c2cc(Cl)cc(Cl)c2)C1. The van der Waals surface area contributed by atoms with Gasteiger partial charge in [-0.25, -0.2) is 9.67 Å². The predicted octanol–water partition coefficient (Wildman–Crippen LogP) is 3.24. The number of carbonyl (C=O) groups excluding carboxylic acids is 2. The Morgan fingerprint density at radius 2 is 1.93 bits per heavy atom. The number of hydrogen-bond acceptors (Lipinski definition) is 4. The molecule has 2 amide bonds. The highest BCUT2D eigenvalue weighted by Gasteiger charge is 2.35. The first kappa shape index (κ1) is 19.4. The summed E-state index contributed by atoms with van der Waals surface area (Å²) in [6.45, 7) is 0.648. The summed E-state index contributed by atoms with van der Waals surface area (Å²) in [5, 5.41) is 7.90. The van der Waals surface area contributed by atoms with E-state index in [0.29, 0.717) is 28.8 Å². The quantitative estimate of drug-likeness (QED) is 0.674. The lowest BCUT2D eigenvalue weighted by Gasteiger charge is -2.17. The van der Waals surface area contributed by atoms with Crippen molar-refractivity contribution in [2.24, 2.45) is 5.92 Å². The van der Waals surface area contributed by atoms with Gasteiger partial charge < -0.3 is 10.2 Å². The second kappa shape index (κ2) is 8.23. The number of nitrogens with zero attached hydrogens (tertiary/aromatic N) is 4. The number of aromatic nitrogens is 3. The third-order valence-electron chi connectivity index (χ3n) is 4.72. The molecule has 1 atom stereocenters. The molecule has 7 nitrogen and oxygen atoms in total. The van der Waals surface area contributed by atoms with Crippen molar-refractivity contribution in [2.75, 3.05) is 11.4 Å². The van der Waals surface area contributed by atoms with Gasteiger partial charge >= 0.3 is 0 Å². The van der Waals surface area contributed by atoms with Gasteiger partial charge in [0.15, 0.2) is 0 Å². The van der Waals surface area contributed by atoms with E-state index < -0.39 is 5.92 Å². The maximum absolute atomic E-state index is 12.6. The van der Waals surface area contributed by atoms with Crippen molar-refractivity contribution >= 4 is 40.7 Å². The van der Waals surface area contributed by atoms with E-state index in [1.54, 1.807) is 34.1 Å². The minimum absolute atomic E-state index is 0.128. The fourth-order valence-electron chi connectivity index (χ4n) is 3.31.